The van der Waals surface area contributed by atoms with Crippen molar-refractivity contribution >= 4 is 72.1 Å². The first kappa shape index (κ1) is 22.3. The highest BCUT2D eigenvalue weighted by molar-refractivity contribution is 9.10. The minimum atomic E-state index is -3.89. The van der Waals surface area contributed by atoms with Crippen LogP contribution in [-0.2, 0) is 10.0 Å². The molecule has 0 aliphatic carbocycles. The van der Waals surface area contributed by atoms with E-state index in [1.54, 1.807) is 30.3 Å². The fourth-order valence-electron chi connectivity index (χ4n) is 2.49. The van der Waals surface area contributed by atoms with Gasteiger partial charge in [-0.2, -0.15) is 0 Å². The predicted octanol–water partition coefficient (Wildman–Crippen LogP) is 4.94. The highest BCUT2D eigenvalue weighted by Crippen LogP contribution is 2.29. The monoisotopic (exact) mass is 528 g/mol. The first-order valence-corrected chi connectivity index (χ1v) is 11.7. The molecule has 0 saturated heterocycles. The van der Waals surface area contributed by atoms with Crippen molar-refractivity contribution in [3.8, 4) is 0 Å². The number of benzene rings is 2. The maximum absolute atomic E-state index is 12.9. The standard InChI is InChI=1S/C19H14BrClN2O5S2/c1-23(13-5-3-12(21)4-6-13)30(27,28)17-9-8-16(29-17)18(24)22-15-7-2-11(20)10-14(15)19(25)26/h2-10H,1H3,(H,22,24)(H,25,26). The van der Waals surface area contributed by atoms with Crippen LogP contribution in [0.25, 0.3) is 0 Å². The number of carboxylic acid groups (broad SMARTS) is 1. The van der Waals surface area contributed by atoms with Crippen molar-refractivity contribution in [2.45, 2.75) is 4.21 Å². The topological polar surface area (TPSA) is 104 Å². The first-order valence-electron chi connectivity index (χ1n) is 8.28. The van der Waals surface area contributed by atoms with Crippen molar-refractivity contribution in [2.24, 2.45) is 0 Å². The van der Waals surface area contributed by atoms with Gasteiger partial charge in [0.25, 0.3) is 15.9 Å². The highest BCUT2D eigenvalue weighted by atomic mass is 79.9. The molecule has 0 atom stereocenters. The third-order valence-electron chi connectivity index (χ3n) is 4.07. The summed E-state index contributed by atoms with van der Waals surface area (Å²) < 4.78 is 27.4. The van der Waals surface area contributed by atoms with Crippen LogP contribution >= 0.6 is 38.9 Å². The number of hydrogen-bond donors (Lipinski definition) is 2. The summed E-state index contributed by atoms with van der Waals surface area (Å²) in [6.07, 6.45) is 0. The van der Waals surface area contributed by atoms with E-state index in [0.29, 0.717) is 15.2 Å². The molecule has 30 heavy (non-hydrogen) atoms. The number of amides is 1. The lowest BCUT2D eigenvalue weighted by atomic mass is 10.2. The molecule has 0 spiro atoms. The number of halogens is 2. The maximum atomic E-state index is 12.9. The van der Waals surface area contributed by atoms with Gasteiger partial charge in [-0.1, -0.05) is 27.5 Å². The number of carbonyl (C=O) groups excluding carboxylic acids is 1. The average Bonchev–Trinajstić information content (AvgIpc) is 3.20. The van der Waals surface area contributed by atoms with Gasteiger partial charge in [0.1, 0.15) is 4.21 Å². The van der Waals surface area contributed by atoms with Crippen molar-refractivity contribution in [1.29, 1.82) is 0 Å². The quantitative estimate of drug-likeness (QED) is 0.471. The maximum Gasteiger partial charge on any atom is 0.337 e. The second kappa shape index (κ2) is 8.76. The van der Waals surface area contributed by atoms with Crippen molar-refractivity contribution in [2.75, 3.05) is 16.7 Å². The third-order valence-corrected chi connectivity index (χ3v) is 8.15. The summed E-state index contributed by atoms with van der Waals surface area (Å²) in [7, 11) is -2.49. The summed E-state index contributed by atoms with van der Waals surface area (Å²) in [5.41, 5.74) is 0.427. The van der Waals surface area contributed by atoms with Crippen LogP contribution in [-0.4, -0.2) is 32.4 Å². The fraction of sp³-hybridized carbons (Fsp3) is 0.0526. The van der Waals surface area contributed by atoms with Crippen LogP contribution in [0.1, 0.15) is 20.0 Å². The van der Waals surface area contributed by atoms with Crippen LogP contribution < -0.4 is 9.62 Å². The fourth-order valence-corrected chi connectivity index (χ4v) is 5.55. The number of hydrogen-bond acceptors (Lipinski definition) is 5. The van der Waals surface area contributed by atoms with Crippen LogP contribution in [0.4, 0.5) is 11.4 Å². The van der Waals surface area contributed by atoms with Gasteiger partial charge < -0.3 is 10.4 Å². The van der Waals surface area contributed by atoms with E-state index in [4.69, 9.17) is 11.6 Å². The zero-order valence-electron chi connectivity index (χ0n) is 15.3. The Bertz CT molecular complexity index is 1230. The Labute approximate surface area is 190 Å². The molecule has 3 rings (SSSR count). The number of carboxylic acids is 1. The summed E-state index contributed by atoms with van der Waals surface area (Å²) >= 11 is 9.81. The molecule has 0 unspecified atom stereocenters. The molecule has 0 bridgehead atoms. The van der Waals surface area contributed by atoms with Crippen molar-refractivity contribution in [3.05, 3.63) is 74.5 Å². The van der Waals surface area contributed by atoms with Crippen LogP contribution in [0, 0.1) is 0 Å². The van der Waals surface area contributed by atoms with Crippen LogP contribution in [0.2, 0.25) is 5.02 Å². The Balaban J connectivity index is 1.84. The van der Waals surface area contributed by atoms with Crippen LogP contribution in [0.15, 0.2) is 63.3 Å². The Hall–Kier alpha value is -2.40. The molecule has 0 aliphatic rings. The van der Waals surface area contributed by atoms with Gasteiger partial charge in [0, 0.05) is 16.5 Å². The largest absolute Gasteiger partial charge is 0.478 e. The molecule has 3 aromatic rings. The third kappa shape index (κ3) is 4.67. The highest BCUT2D eigenvalue weighted by Gasteiger charge is 2.25. The second-order valence-electron chi connectivity index (χ2n) is 6.02. The molecule has 1 amide bonds. The van der Waals surface area contributed by atoms with E-state index in [-0.39, 0.29) is 20.3 Å². The van der Waals surface area contributed by atoms with Gasteiger partial charge in [0.15, 0.2) is 0 Å². The zero-order chi connectivity index (χ0) is 22.1. The number of rotatable bonds is 6. The number of nitrogens with one attached hydrogen (secondary N) is 1. The zero-order valence-corrected chi connectivity index (χ0v) is 19.3. The van der Waals surface area contributed by atoms with Gasteiger partial charge >= 0.3 is 5.97 Å². The Morgan fingerprint density at radius 2 is 1.77 bits per heavy atom. The second-order valence-corrected chi connectivity index (χ2v) is 10.6. The van der Waals surface area contributed by atoms with Gasteiger partial charge in [0.2, 0.25) is 0 Å². The van der Waals surface area contributed by atoms with E-state index < -0.39 is 21.9 Å². The van der Waals surface area contributed by atoms with Crippen LogP contribution in [0.5, 0.6) is 0 Å². The molecule has 156 valence electrons. The van der Waals surface area contributed by atoms with Gasteiger partial charge in [-0.25, -0.2) is 13.2 Å². The number of nitrogens with zero attached hydrogens (tertiary/aromatic N) is 1. The van der Waals surface area contributed by atoms with Crippen molar-refractivity contribution < 1.29 is 23.1 Å². The summed E-state index contributed by atoms with van der Waals surface area (Å²) in [6.45, 7) is 0. The molecule has 0 saturated carbocycles. The van der Waals surface area contributed by atoms with Crippen molar-refractivity contribution in [1.82, 2.24) is 0 Å². The molecule has 2 N–H and O–H groups in total. The van der Waals surface area contributed by atoms with E-state index in [1.165, 1.54) is 31.3 Å². The molecule has 11 heteroatoms. The SMILES string of the molecule is CN(c1ccc(Cl)cc1)S(=O)(=O)c1ccc(C(=O)Nc2ccc(Br)cc2C(=O)O)s1. The Morgan fingerprint density at radius 3 is 2.40 bits per heavy atom. The average molecular weight is 530 g/mol. The minimum absolute atomic E-state index is 0.0284. The van der Waals surface area contributed by atoms with E-state index in [2.05, 4.69) is 21.2 Å². The smallest absolute Gasteiger partial charge is 0.337 e. The molecule has 7 nitrogen and oxygen atoms in total. The van der Waals surface area contributed by atoms with Crippen molar-refractivity contribution in [3.63, 3.8) is 0 Å². The lowest BCUT2D eigenvalue weighted by Crippen LogP contribution is -2.25. The molecule has 0 fully saturated rings. The first-order chi connectivity index (χ1) is 14.1. The minimum Gasteiger partial charge on any atom is -0.478 e. The molecule has 2 aromatic carbocycles. The predicted molar refractivity (Wildman–Crippen MR) is 120 cm³/mol. The molecule has 0 aliphatic heterocycles. The van der Waals surface area contributed by atoms with E-state index in [1.807, 2.05) is 0 Å². The number of anilines is 2. The van der Waals surface area contributed by atoms with Gasteiger partial charge in [-0.05, 0) is 54.6 Å². The molecule has 0 radical (unpaired) electrons. The number of aromatic carboxylic acids is 1. The van der Waals surface area contributed by atoms with E-state index >= 15 is 0 Å². The van der Waals surface area contributed by atoms with Crippen LogP contribution in [0.3, 0.4) is 0 Å². The van der Waals surface area contributed by atoms with Gasteiger partial charge in [-0.15, -0.1) is 11.3 Å². The Morgan fingerprint density at radius 1 is 1.10 bits per heavy atom. The number of carbonyl (C=O) groups is 2. The number of sulfonamides is 1. The summed E-state index contributed by atoms with van der Waals surface area (Å²) in [5, 5.41) is 12.3. The van der Waals surface area contributed by atoms with Gasteiger partial charge in [-0.3, -0.25) is 9.10 Å². The van der Waals surface area contributed by atoms with E-state index in [9.17, 15) is 23.1 Å². The summed E-state index contributed by atoms with van der Waals surface area (Å²) in [4.78, 5) is 24.1. The number of thiophene rings is 1. The lowest BCUT2D eigenvalue weighted by Gasteiger charge is -2.18. The lowest BCUT2D eigenvalue weighted by molar-refractivity contribution is 0.0698. The van der Waals surface area contributed by atoms with E-state index in [0.717, 1.165) is 15.6 Å². The summed E-state index contributed by atoms with van der Waals surface area (Å²) in [6, 6.07) is 13.4. The van der Waals surface area contributed by atoms with Gasteiger partial charge in [0.05, 0.1) is 21.8 Å². The Kier molecular flexibility index (Phi) is 6.51. The molecule has 1 aromatic heterocycles. The molecular formula is C19H14BrClN2O5S2. The normalized spacial score (nSPS) is 11.2. The summed E-state index contributed by atoms with van der Waals surface area (Å²) in [5.74, 6) is -1.81. The molecular weight excluding hydrogens is 516 g/mol. The molecule has 1 heterocycles.